The highest BCUT2D eigenvalue weighted by molar-refractivity contribution is 6.71. The number of likely N-dealkylation sites (N-methyl/N-ethyl adjacent to an activating group) is 1. The summed E-state index contributed by atoms with van der Waals surface area (Å²) in [6, 6.07) is 10.3. The molecule has 0 radical (unpaired) electrons. The summed E-state index contributed by atoms with van der Waals surface area (Å²) in [6.07, 6.45) is 13.8. The third-order valence-corrected chi connectivity index (χ3v) is 8.92. The first-order chi connectivity index (χ1) is 13.0. The highest BCUT2D eigenvalue weighted by Crippen LogP contribution is 2.31. The number of hydrogen-bond donors (Lipinski definition) is 0. The van der Waals surface area contributed by atoms with E-state index in [-0.39, 0.29) is 0 Å². The molecule has 2 nitrogen and oxygen atoms in total. The molecule has 0 aromatic heterocycles. The van der Waals surface area contributed by atoms with Crippen LogP contribution in [0.15, 0.2) is 24.3 Å². The molecule has 1 heterocycles. The molecule has 0 fully saturated rings. The predicted octanol–water partition coefficient (Wildman–Crippen LogP) is 6.93. The molecule has 1 aromatic rings. The van der Waals surface area contributed by atoms with Gasteiger partial charge in [0, 0.05) is 12.0 Å². The van der Waals surface area contributed by atoms with Crippen molar-refractivity contribution in [3.8, 4) is 0 Å². The molecule has 0 saturated heterocycles. The van der Waals surface area contributed by atoms with Gasteiger partial charge in [-0.2, -0.15) is 0 Å². The summed E-state index contributed by atoms with van der Waals surface area (Å²) >= 11 is 0. The monoisotopic (exact) mass is 390 g/mol. The molecule has 1 aromatic carbocycles. The lowest BCUT2D eigenvalue weighted by molar-refractivity contribution is 0.223. The Labute approximate surface area is 170 Å². The molecule has 2 rings (SSSR count). The van der Waals surface area contributed by atoms with E-state index in [1.807, 2.05) is 0 Å². The molecule has 1 unspecified atom stereocenters. The summed E-state index contributed by atoms with van der Waals surface area (Å²) in [5.41, 5.74) is 3.07. The third kappa shape index (κ3) is 7.71. The van der Waals surface area contributed by atoms with E-state index in [2.05, 4.69) is 51.3 Å². The van der Waals surface area contributed by atoms with Crippen molar-refractivity contribution in [2.75, 3.05) is 26.7 Å². The van der Waals surface area contributed by atoms with E-state index in [4.69, 9.17) is 4.43 Å². The second kappa shape index (κ2) is 11.4. The minimum absolute atomic E-state index is 0.918. The largest absolute Gasteiger partial charge is 0.412 e. The predicted molar refractivity (Wildman–Crippen MR) is 123 cm³/mol. The van der Waals surface area contributed by atoms with E-state index in [0.717, 1.165) is 17.6 Å². The number of quaternary nitrogens is 1. The number of para-hydroxylation sites is 1. The summed E-state index contributed by atoms with van der Waals surface area (Å²) in [4.78, 5) is 0. The summed E-state index contributed by atoms with van der Waals surface area (Å²) in [5, 5.41) is 0. The van der Waals surface area contributed by atoms with Crippen molar-refractivity contribution in [3.05, 3.63) is 29.8 Å². The topological polar surface area (TPSA) is 9.23 Å². The van der Waals surface area contributed by atoms with Gasteiger partial charge in [-0.15, -0.1) is 0 Å². The van der Waals surface area contributed by atoms with Gasteiger partial charge in [0.1, 0.15) is 12.2 Å². The number of fused-ring (bicyclic) bond motifs is 1. The number of aryl methyl sites for hydroxylation is 1. The van der Waals surface area contributed by atoms with Crippen LogP contribution in [0.3, 0.4) is 0 Å². The van der Waals surface area contributed by atoms with Crippen LogP contribution in [-0.2, 0) is 10.8 Å². The third-order valence-electron chi connectivity index (χ3n) is 6.38. The zero-order valence-electron chi connectivity index (χ0n) is 18.6. The summed E-state index contributed by atoms with van der Waals surface area (Å²) in [5.74, 6) is 0. The quantitative estimate of drug-likeness (QED) is 0.201. The molecule has 1 atom stereocenters. The number of nitrogens with zero attached hydrogens (tertiary/aromatic N) is 1. The van der Waals surface area contributed by atoms with Gasteiger partial charge in [0.15, 0.2) is 8.32 Å². The Bertz CT molecular complexity index is 545. The lowest BCUT2D eigenvalue weighted by Crippen LogP contribution is -2.51. The van der Waals surface area contributed by atoms with Crippen LogP contribution in [0, 0.1) is 0 Å². The Morgan fingerprint density at radius 2 is 1.63 bits per heavy atom. The highest BCUT2D eigenvalue weighted by Gasteiger charge is 2.32. The van der Waals surface area contributed by atoms with E-state index < -0.39 is 8.32 Å². The first-order valence-electron chi connectivity index (χ1n) is 11.5. The van der Waals surface area contributed by atoms with E-state index in [0.29, 0.717) is 0 Å². The first kappa shape index (κ1) is 22.6. The molecule has 1 aliphatic heterocycles. The highest BCUT2D eigenvalue weighted by atomic mass is 28.4. The molecule has 3 heteroatoms. The van der Waals surface area contributed by atoms with E-state index >= 15 is 0 Å². The van der Waals surface area contributed by atoms with Crippen molar-refractivity contribution in [2.24, 2.45) is 0 Å². The molecule has 0 saturated carbocycles. The maximum atomic E-state index is 6.50. The Kier molecular flexibility index (Phi) is 9.54. The van der Waals surface area contributed by atoms with Crippen LogP contribution in [0.2, 0.25) is 19.1 Å². The van der Waals surface area contributed by atoms with E-state index in [1.165, 1.54) is 82.5 Å². The SMILES string of the molecule is CCCCCCCCCC[Si](C)(C)OCC[N+]1(C)CCCc2ccccc21. The van der Waals surface area contributed by atoms with Crippen molar-refractivity contribution in [2.45, 2.75) is 90.3 Å². The van der Waals surface area contributed by atoms with Crippen LogP contribution in [0.5, 0.6) is 0 Å². The van der Waals surface area contributed by atoms with Crippen LogP contribution in [-0.4, -0.2) is 35.1 Å². The number of hydrogen-bond acceptors (Lipinski definition) is 1. The van der Waals surface area contributed by atoms with Crippen molar-refractivity contribution in [3.63, 3.8) is 0 Å². The Hall–Kier alpha value is -0.643. The molecule has 0 bridgehead atoms. The first-order valence-corrected chi connectivity index (χ1v) is 14.7. The summed E-state index contributed by atoms with van der Waals surface area (Å²) in [7, 11) is 0.894. The van der Waals surface area contributed by atoms with Gasteiger partial charge in [0.25, 0.3) is 0 Å². The lowest BCUT2D eigenvalue weighted by atomic mass is 10.00. The van der Waals surface area contributed by atoms with Gasteiger partial charge in [0.2, 0.25) is 0 Å². The molecular formula is C24H44NOSi+. The molecule has 154 valence electrons. The van der Waals surface area contributed by atoms with Crippen molar-refractivity contribution < 1.29 is 4.43 Å². The van der Waals surface area contributed by atoms with Gasteiger partial charge in [-0.25, -0.2) is 0 Å². The van der Waals surface area contributed by atoms with Gasteiger partial charge in [-0.1, -0.05) is 76.5 Å². The maximum absolute atomic E-state index is 6.50. The van der Waals surface area contributed by atoms with Crippen LogP contribution < -0.4 is 4.48 Å². The van der Waals surface area contributed by atoms with Gasteiger partial charge < -0.3 is 4.43 Å². The molecule has 0 aliphatic carbocycles. The minimum Gasteiger partial charge on any atom is -0.412 e. The second-order valence-electron chi connectivity index (χ2n) is 9.41. The van der Waals surface area contributed by atoms with Crippen molar-refractivity contribution in [1.29, 1.82) is 0 Å². The van der Waals surface area contributed by atoms with Crippen molar-refractivity contribution in [1.82, 2.24) is 4.48 Å². The molecule has 0 amide bonds. The molecular weight excluding hydrogens is 346 g/mol. The fraction of sp³-hybridized carbons (Fsp3) is 0.750. The average molecular weight is 391 g/mol. The smallest absolute Gasteiger partial charge is 0.187 e. The normalized spacial score (nSPS) is 19.9. The zero-order valence-corrected chi connectivity index (χ0v) is 19.6. The minimum atomic E-state index is -1.50. The fourth-order valence-electron chi connectivity index (χ4n) is 4.50. The zero-order chi connectivity index (χ0) is 19.6. The fourth-order valence-corrected chi connectivity index (χ4v) is 6.39. The number of rotatable bonds is 13. The van der Waals surface area contributed by atoms with E-state index in [9.17, 15) is 0 Å². The maximum Gasteiger partial charge on any atom is 0.187 e. The summed E-state index contributed by atoms with van der Waals surface area (Å²) < 4.78 is 7.55. The van der Waals surface area contributed by atoms with Crippen LogP contribution in [0.1, 0.15) is 70.3 Å². The van der Waals surface area contributed by atoms with Gasteiger partial charge in [0.05, 0.1) is 20.2 Å². The summed E-state index contributed by atoms with van der Waals surface area (Å²) in [6.45, 7) is 10.4. The molecule has 0 spiro atoms. The number of unbranched alkanes of at least 4 members (excludes halogenated alkanes) is 7. The van der Waals surface area contributed by atoms with Gasteiger partial charge >= 0.3 is 0 Å². The van der Waals surface area contributed by atoms with Crippen LogP contribution in [0.25, 0.3) is 0 Å². The molecule has 1 aliphatic rings. The Morgan fingerprint density at radius 3 is 2.37 bits per heavy atom. The molecule has 0 N–H and O–H groups in total. The van der Waals surface area contributed by atoms with E-state index in [1.54, 1.807) is 5.56 Å². The Morgan fingerprint density at radius 1 is 0.963 bits per heavy atom. The second-order valence-corrected chi connectivity index (χ2v) is 13.7. The standard InChI is InChI=1S/C24H44NOSi/c1-5-6-7-8-9-10-11-14-22-27(3,4)26-21-20-25(2)19-15-17-23-16-12-13-18-24(23)25/h12-13,16,18H,5-11,14-15,17,19-22H2,1-4H3/q+1. The van der Waals surface area contributed by atoms with Crippen LogP contribution in [0.4, 0.5) is 5.69 Å². The van der Waals surface area contributed by atoms with Crippen molar-refractivity contribution >= 4 is 14.0 Å². The van der Waals surface area contributed by atoms with Gasteiger partial charge in [-0.05, 0) is 31.6 Å². The van der Waals surface area contributed by atoms with Crippen LogP contribution >= 0.6 is 0 Å². The lowest BCUT2D eigenvalue weighted by Gasteiger charge is -2.39. The average Bonchev–Trinajstić information content (AvgIpc) is 2.64. The van der Waals surface area contributed by atoms with Gasteiger partial charge in [-0.3, -0.25) is 4.48 Å². The molecule has 27 heavy (non-hydrogen) atoms. The Balaban J connectivity index is 1.65. The number of benzene rings is 1.